The monoisotopic (exact) mass is 205 g/mol. The summed E-state index contributed by atoms with van der Waals surface area (Å²) < 4.78 is 35.9. The average Bonchev–Trinajstić information content (AvgIpc) is 1.90. The van der Waals surface area contributed by atoms with E-state index in [0.29, 0.717) is 0 Å². The summed E-state index contributed by atoms with van der Waals surface area (Å²) in [5.41, 5.74) is 1.02. The predicted octanol–water partition coefficient (Wildman–Crippen LogP) is 1.73. The Hall–Kier alpha value is -1.00. The number of rotatable bonds is 0. The minimum atomic E-state index is -4.72. The van der Waals surface area contributed by atoms with Crippen LogP contribution in [0.3, 0.4) is 0 Å². The molecule has 2 nitrogen and oxygen atoms in total. The minimum Gasteiger partial charge on any atom is -0.334 e. The Kier molecular flexibility index (Phi) is 1.72. The molecule has 0 radical (unpaired) electrons. The van der Waals surface area contributed by atoms with Gasteiger partial charge in [-0.05, 0) is 12.8 Å². The van der Waals surface area contributed by atoms with Gasteiger partial charge in [0.25, 0.3) is 0 Å². The van der Waals surface area contributed by atoms with E-state index in [1.807, 2.05) is 0 Å². The first-order chi connectivity index (χ1) is 6.32. The molecular weight excluding hydrogens is 195 g/mol. The standard InChI is InChI=1S/C9H10F3NO/c1-6-2-8(3-6)4-13(5-8)7(14)9(10,11)12/h1-5H2. The van der Waals surface area contributed by atoms with Crippen molar-refractivity contribution < 1.29 is 18.0 Å². The number of alkyl halides is 3. The molecule has 2 fully saturated rings. The summed E-state index contributed by atoms with van der Waals surface area (Å²) in [7, 11) is 0. The van der Waals surface area contributed by atoms with Crippen LogP contribution in [0, 0.1) is 5.41 Å². The van der Waals surface area contributed by atoms with Crippen molar-refractivity contribution in [2.45, 2.75) is 19.0 Å². The number of nitrogens with zero attached hydrogens (tertiary/aromatic N) is 1. The van der Waals surface area contributed by atoms with Crippen LogP contribution >= 0.6 is 0 Å². The molecule has 0 bridgehead atoms. The van der Waals surface area contributed by atoms with E-state index in [0.717, 1.165) is 23.3 Å². The third-order valence-corrected chi connectivity index (χ3v) is 2.83. The summed E-state index contributed by atoms with van der Waals surface area (Å²) >= 11 is 0. The van der Waals surface area contributed by atoms with Crippen LogP contribution in [-0.4, -0.2) is 30.1 Å². The molecule has 0 aromatic carbocycles. The van der Waals surface area contributed by atoms with Crippen molar-refractivity contribution >= 4 is 5.91 Å². The largest absolute Gasteiger partial charge is 0.471 e. The van der Waals surface area contributed by atoms with E-state index in [1.165, 1.54) is 0 Å². The Morgan fingerprint density at radius 2 is 1.86 bits per heavy atom. The van der Waals surface area contributed by atoms with Crippen LogP contribution in [0.15, 0.2) is 12.2 Å². The van der Waals surface area contributed by atoms with E-state index in [9.17, 15) is 18.0 Å². The van der Waals surface area contributed by atoms with E-state index in [-0.39, 0.29) is 18.5 Å². The van der Waals surface area contributed by atoms with Gasteiger partial charge < -0.3 is 4.90 Å². The second kappa shape index (κ2) is 2.52. The van der Waals surface area contributed by atoms with Crippen molar-refractivity contribution in [3.8, 4) is 0 Å². The second-order valence-electron chi connectivity index (χ2n) is 4.26. The maximum absolute atomic E-state index is 12.0. The van der Waals surface area contributed by atoms with E-state index < -0.39 is 12.1 Å². The van der Waals surface area contributed by atoms with Crippen LogP contribution in [0.2, 0.25) is 0 Å². The lowest BCUT2D eigenvalue weighted by atomic mass is 9.61. The summed E-state index contributed by atoms with van der Waals surface area (Å²) in [5, 5.41) is 0. The van der Waals surface area contributed by atoms with Crippen LogP contribution in [0.5, 0.6) is 0 Å². The number of hydrogen-bond donors (Lipinski definition) is 0. The van der Waals surface area contributed by atoms with Gasteiger partial charge in [0.1, 0.15) is 0 Å². The van der Waals surface area contributed by atoms with E-state index >= 15 is 0 Å². The quantitative estimate of drug-likeness (QED) is 0.551. The molecule has 1 spiro atoms. The Morgan fingerprint density at radius 3 is 2.21 bits per heavy atom. The lowest BCUT2D eigenvalue weighted by Gasteiger charge is -2.56. The number of hydrogen-bond acceptors (Lipinski definition) is 1. The van der Waals surface area contributed by atoms with Gasteiger partial charge in [-0.2, -0.15) is 13.2 Å². The molecule has 1 saturated heterocycles. The van der Waals surface area contributed by atoms with Crippen LogP contribution in [0.25, 0.3) is 0 Å². The number of likely N-dealkylation sites (tertiary alicyclic amines) is 1. The summed E-state index contributed by atoms with van der Waals surface area (Å²) in [6, 6.07) is 0. The molecule has 0 atom stereocenters. The highest BCUT2D eigenvalue weighted by Gasteiger charge is 2.55. The van der Waals surface area contributed by atoms with Gasteiger partial charge in [0.2, 0.25) is 0 Å². The topological polar surface area (TPSA) is 20.3 Å². The Morgan fingerprint density at radius 1 is 1.36 bits per heavy atom. The molecule has 2 aliphatic rings. The molecule has 0 unspecified atom stereocenters. The molecule has 0 aromatic heterocycles. The Labute approximate surface area is 79.4 Å². The maximum atomic E-state index is 12.0. The zero-order chi connectivity index (χ0) is 10.6. The number of carbonyl (C=O) groups excluding carboxylic acids is 1. The molecule has 1 aliphatic heterocycles. The number of halogens is 3. The average molecular weight is 205 g/mol. The van der Waals surface area contributed by atoms with Crippen molar-refractivity contribution in [3.05, 3.63) is 12.2 Å². The van der Waals surface area contributed by atoms with E-state index in [2.05, 4.69) is 6.58 Å². The molecule has 0 aromatic rings. The summed E-state index contributed by atoms with van der Waals surface area (Å²) in [5.74, 6) is -1.71. The highest BCUT2D eigenvalue weighted by atomic mass is 19.4. The van der Waals surface area contributed by atoms with Gasteiger partial charge in [0.15, 0.2) is 0 Å². The summed E-state index contributed by atoms with van der Waals surface area (Å²) in [6.07, 6.45) is -3.17. The highest BCUT2D eigenvalue weighted by molar-refractivity contribution is 5.82. The first-order valence-corrected chi connectivity index (χ1v) is 4.35. The molecule has 0 N–H and O–H groups in total. The maximum Gasteiger partial charge on any atom is 0.471 e. The first kappa shape index (κ1) is 9.55. The predicted molar refractivity (Wildman–Crippen MR) is 43.4 cm³/mol. The van der Waals surface area contributed by atoms with Crippen molar-refractivity contribution in [1.29, 1.82) is 0 Å². The number of carbonyl (C=O) groups is 1. The van der Waals surface area contributed by atoms with Gasteiger partial charge in [0, 0.05) is 18.5 Å². The highest BCUT2D eigenvalue weighted by Crippen LogP contribution is 2.51. The zero-order valence-electron chi connectivity index (χ0n) is 7.52. The van der Waals surface area contributed by atoms with Gasteiger partial charge in [-0.1, -0.05) is 12.2 Å². The smallest absolute Gasteiger partial charge is 0.334 e. The molecule has 14 heavy (non-hydrogen) atoms. The lowest BCUT2D eigenvalue weighted by molar-refractivity contribution is -0.198. The fourth-order valence-electron chi connectivity index (χ4n) is 2.32. The van der Waals surface area contributed by atoms with Gasteiger partial charge in [0.05, 0.1) is 0 Å². The number of amides is 1. The third-order valence-electron chi connectivity index (χ3n) is 2.83. The van der Waals surface area contributed by atoms with Gasteiger partial charge >= 0.3 is 12.1 Å². The van der Waals surface area contributed by atoms with Crippen molar-refractivity contribution in [1.82, 2.24) is 4.90 Å². The minimum absolute atomic E-state index is 0.0575. The van der Waals surface area contributed by atoms with Crippen LogP contribution in [-0.2, 0) is 4.79 Å². The Bertz CT molecular complexity index is 292. The molecule has 1 saturated carbocycles. The summed E-state index contributed by atoms with van der Waals surface area (Å²) in [6.45, 7) is 4.21. The Balaban J connectivity index is 1.89. The van der Waals surface area contributed by atoms with Gasteiger partial charge in [-0.15, -0.1) is 0 Å². The molecule has 1 amide bonds. The van der Waals surface area contributed by atoms with Crippen LogP contribution in [0.4, 0.5) is 13.2 Å². The zero-order valence-corrected chi connectivity index (χ0v) is 7.52. The molecule has 5 heteroatoms. The van der Waals surface area contributed by atoms with Crippen molar-refractivity contribution in [2.75, 3.05) is 13.1 Å². The van der Waals surface area contributed by atoms with Crippen LogP contribution in [0.1, 0.15) is 12.8 Å². The lowest BCUT2D eigenvalue weighted by Crippen LogP contribution is -2.64. The van der Waals surface area contributed by atoms with Crippen molar-refractivity contribution in [3.63, 3.8) is 0 Å². The molecular formula is C9H10F3NO. The van der Waals surface area contributed by atoms with Crippen LogP contribution < -0.4 is 0 Å². The molecule has 2 rings (SSSR count). The summed E-state index contributed by atoms with van der Waals surface area (Å²) in [4.78, 5) is 11.6. The van der Waals surface area contributed by atoms with Gasteiger partial charge in [-0.3, -0.25) is 4.79 Å². The second-order valence-corrected chi connectivity index (χ2v) is 4.26. The fraction of sp³-hybridized carbons (Fsp3) is 0.667. The molecule has 1 heterocycles. The first-order valence-electron chi connectivity index (χ1n) is 4.35. The van der Waals surface area contributed by atoms with E-state index in [4.69, 9.17) is 0 Å². The van der Waals surface area contributed by atoms with Gasteiger partial charge in [-0.25, -0.2) is 0 Å². The normalized spacial score (nSPS) is 24.5. The van der Waals surface area contributed by atoms with Crippen molar-refractivity contribution in [2.24, 2.45) is 5.41 Å². The molecule has 1 aliphatic carbocycles. The van der Waals surface area contributed by atoms with E-state index in [1.54, 1.807) is 0 Å². The SMILES string of the molecule is C=C1CC2(C1)CN(C(=O)C(F)(F)F)C2. The third kappa shape index (κ3) is 1.31. The number of allylic oxidation sites excluding steroid dienone is 1. The molecule has 78 valence electrons. The fourth-order valence-corrected chi connectivity index (χ4v) is 2.32.